The summed E-state index contributed by atoms with van der Waals surface area (Å²) < 4.78 is 11.2. The number of rotatable bonds is 8. The lowest BCUT2D eigenvalue weighted by atomic mass is 9.63. The van der Waals surface area contributed by atoms with E-state index in [2.05, 4.69) is 20.8 Å². The van der Waals surface area contributed by atoms with Crippen LogP contribution in [0.4, 0.5) is 0 Å². The van der Waals surface area contributed by atoms with Crippen molar-refractivity contribution in [3.63, 3.8) is 0 Å². The van der Waals surface area contributed by atoms with Gasteiger partial charge in [0.25, 0.3) is 0 Å². The number of ether oxygens (including phenoxy) is 2. The molecule has 1 fully saturated rings. The third-order valence-electron chi connectivity index (χ3n) is 3.88. The summed E-state index contributed by atoms with van der Waals surface area (Å²) in [4.78, 5) is 0. The maximum absolute atomic E-state index is 9.70. The first kappa shape index (κ1) is 13.9. The van der Waals surface area contributed by atoms with E-state index in [0.717, 1.165) is 25.9 Å². The highest BCUT2D eigenvalue weighted by Crippen LogP contribution is 2.45. The van der Waals surface area contributed by atoms with Gasteiger partial charge in [0.15, 0.2) is 0 Å². The molecule has 0 spiro atoms. The Morgan fingerprint density at radius 1 is 1.25 bits per heavy atom. The van der Waals surface area contributed by atoms with Gasteiger partial charge in [0.05, 0.1) is 25.4 Å². The number of hydrogen-bond donors (Lipinski definition) is 1. The molecule has 0 bridgehead atoms. The van der Waals surface area contributed by atoms with E-state index >= 15 is 0 Å². The highest BCUT2D eigenvalue weighted by Gasteiger charge is 2.50. The van der Waals surface area contributed by atoms with Crippen LogP contribution in [0.3, 0.4) is 0 Å². The van der Waals surface area contributed by atoms with E-state index in [-0.39, 0.29) is 17.6 Å². The zero-order chi connectivity index (χ0) is 12.0. The largest absolute Gasteiger partial charge is 0.392 e. The minimum atomic E-state index is -0.191. The Kier molecular flexibility index (Phi) is 5.73. The number of aliphatic hydroxyl groups is 1. The van der Waals surface area contributed by atoms with Crippen LogP contribution in [0.5, 0.6) is 0 Å². The lowest BCUT2D eigenvalue weighted by Crippen LogP contribution is -2.56. The summed E-state index contributed by atoms with van der Waals surface area (Å²) >= 11 is 0. The Labute approximate surface area is 99.1 Å². The second kappa shape index (κ2) is 6.58. The van der Waals surface area contributed by atoms with Gasteiger partial charge in [-0.2, -0.15) is 0 Å². The van der Waals surface area contributed by atoms with Crippen molar-refractivity contribution >= 4 is 0 Å². The Balaban J connectivity index is 2.06. The molecule has 1 N–H and O–H groups in total. The first-order valence-electron chi connectivity index (χ1n) is 6.52. The molecule has 0 aliphatic heterocycles. The fourth-order valence-corrected chi connectivity index (χ4v) is 2.11. The van der Waals surface area contributed by atoms with Crippen molar-refractivity contribution < 1.29 is 14.6 Å². The molecule has 0 saturated heterocycles. The molecule has 1 rings (SSSR count). The third kappa shape index (κ3) is 3.19. The van der Waals surface area contributed by atoms with Crippen molar-refractivity contribution in [3.05, 3.63) is 0 Å². The molecule has 0 aromatic rings. The molecule has 0 radical (unpaired) electrons. The molecule has 0 aromatic heterocycles. The smallest absolute Gasteiger partial charge is 0.0704 e. The van der Waals surface area contributed by atoms with Crippen molar-refractivity contribution in [2.24, 2.45) is 5.41 Å². The van der Waals surface area contributed by atoms with E-state index in [1.807, 2.05) is 0 Å². The maximum Gasteiger partial charge on any atom is 0.0704 e. The molecule has 3 nitrogen and oxygen atoms in total. The van der Waals surface area contributed by atoms with E-state index < -0.39 is 0 Å². The summed E-state index contributed by atoms with van der Waals surface area (Å²) in [6, 6.07) is 0. The van der Waals surface area contributed by atoms with Crippen LogP contribution in [0.2, 0.25) is 0 Å². The lowest BCUT2D eigenvalue weighted by molar-refractivity contribution is -0.189. The first-order valence-corrected chi connectivity index (χ1v) is 6.52. The Bertz CT molecular complexity index is 196. The highest BCUT2D eigenvalue weighted by molar-refractivity contribution is 5.00. The zero-order valence-corrected chi connectivity index (χ0v) is 10.9. The number of aliphatic hydroxyl groups excluding tert-OH is 1. The molecule has 96 valence electrons. The highest BCUT2D eigenvalue weighted by atomic mass is 16.5. The first-order chi connectivity index (χ1) is 7.65. The van der Waals surface area contributed by atoms with Gasteiger partial charge in [-0.3, -0.25) is 0 Å². The summed E-state index contributed by atoms with van der Waals surface area (Å²) in [6.07, 6.45) is 4.05. The Morgan fingerprint density at radius 2 is 2.00 bits per heavy atom. The summed E-state index contributed by atoms with van der Waals surface area (Å²) in [5.74, 6) is 0. The molecule has 3 atom stereocenters. The van der Waals surface area contributed by atoms with E-state index in [1.165, 1.54) is 6.42 Å². The van der Waals surface area contributed by atoms with E-state index in [9.17, 15) is 5.11 Å². The van der Waals surface area contributed by atoms with E-state index in [1.54, 1.807) is 0 Å². The normalized spacial score (nSPS) is 33.8. The van der Waals surface area contributed by atoms with Crippen LogP contribution in [0.25, 0.3) is 0 Å². The molecule has 1 aliphatic rings. The molecule has 1 saturated carbocycles. The summed E-state index contributed by atoms with van der Waals surface area (Å²) in [6.45, 7) is 8.52. The van der Waals surface area contributed by atoms with Crippen molar-refractivity contribution in [3.8, 4) is 0 Å². The van der Waals surface area contributed by atoms with Crippen molar-refractivity contribution in [2.45, 2.75) is 58.7 Å². The maximum atomic E-state index is 9.70. The molecular formula is C13H26O3. The lowest BCUT2D eigenvalue weighted by Gasteiger charge is -2.50. The predicted octanol–water partition coefficient (Wildman–Crippen LogP) is 2.37. The average molecular weight is 230 g/mol. The summed E-state index contributed by atoms with van der Waals surface area (Å²) in [7, 11) is 0. The summed E-state index contributed by atoms with van der Waals surface area (Å²) in [5, 5.41) is 9.70. The molecule has 0 aromatic carbocycles. The van der Waals surface area contributed by atoms with Gasteiger partial charge in [-0.05, 0) is 12.8 Å². The van der Waals surface area contributed by atoms with Crippen LogP contribution in [-0.2, 0) is 9.47 Å². The molecule has 3 unspecified atom stereocenters. The predicted molar refractivity (Wildman–Crippen MR) is 64.5 cm³/mol. The fourth-order valence-electron chi connectivity index (χ4n) is 2.11. The quantitative estimate of drug-likeness (QED) is 0.651. The van der Waals surface area contributed by atoms with E-state index in [0.29, 0.717) is 13.2 Å². The Morgan fingerprint density at radius 3 is 2.56 bits per heavy atom. The van der Waals surface area contributed by atoms with Crippen LogP contribution in [0, 0.1) is 5.41 Å². The van der Waals surface area contributed by atoms with Gasteiger partial charge in [-0.1, -0.05) is 27.2 Å². The fraction of sp³-hybridized carbons (Fsp3) is 1.00. The van der Waals surface area contributed by atoms with Gasteiger partial charge in [-0.15, -0.1) is 0 Å². The molecule has 1 aliphatic carbocycles. The van der Waals surface area contributed by atoms with Gasteiger partial charge in [-0.25, -0.2) is 0 Å². The van der Waals surface area contributed by atoms with Gasteiger partial charge in [0, 0.05) is 18.4 Å². The van der Waals surface area contributed by atoms with Crippen molar-refractivity contribution in [1.82, 2.24) is 0 Å². The minimum absolute atomic E-state index is 0.0383. The molecule has 16 heavy (non-hydrogen) atoms. The topological polar surface area (TPSA) is 38.7 Å². The number of unbranched alkanes of at least 4 members (excludes halogenated alkanes) is 1. The molecule has 0 heterocycles. The van der Waals surface area contributed by atoms with Crippen LogP contribution in [-0.4, -0.2) is 37.1 Å². The average Bonchev–Trinajstić information content (AvgIpc) is 2.31. The van der Waals surface area contributed by atoms with Crippen LogP contribution >= 0.6 is 0 Å². The van der Waals surface area contributed by atoms with Gasteiger partial charge < -0.3 is 14.6 Å². The second-order valence-corrected chi connectivity index (χ2v) is 4.94. The zero-order valence-electron chi connectivity index (χ0n) is 10.9. The monoisotopic (exact) mass is 230 g/mol. The number of hydrogen-bond acceptors (Lipinski definition) is 3. The van der Waals surface area contributed by atoms with Crippen molar-refractivity contribution in [1.29, 1.82) is 0 Å². The standard InChI is InChI=1S/C13H26O3/c1-4-6-7-15-8-9-16-12-10-11(14)13(12,3)5-2/h11-12,14H,4-10H2,1-3H3. The van der Waals surface area contributed by atoms with E-state index in [4.69, 9.17) is 9.47 Å². The third-order valence-corrected chi connectivity index (χ3v) is 3.88. The van der Waals surface area contributed by atoms with Gasteiger partial charge >= 0.3 is 0 Å². The van der Waals surface area contributed by atoms with Crippen LogP contribution < -0.4 is 0 Å². The molecule has 3 heteroatoms. The minimum Gasteiger partial charge on any atom is -0.392 e. The molecular weight excluding hydrogens is 204 g/mol. The molecule has 0 amide bonds. The van der Waals surface area contributed by atoms with Gasteiger partial charge in [0.1, 0.15) is 0 Å². The Hall–Kier alpha value is -0.120. The van der Waals surface area contributed by atoms with Crippen LogP contribution in [0.1, 0.15) is 46.5 Å². The van der Waals surface area contributed by atoms with Crippen molar-refractivity contribution in [2.75, 3.05) is 19.8 Å². The second-order valence-electron chi connectivity index (χ2n) is 4.94. The SMILES string of the molecule is CCCCOCCOC1CC(O)C1(C)CC. The van der Waals surface area contributed by atoms with Gasteiger partial charge in [0.2, 0.25) is 0 Å². The van der Waals surface area contributed by atoms with Crippen LogP contribution in [0.15, 0.2) is 0 Å². The summed E-state index contributed by atoms with van der Waals surface area (Å²) in [5.41, 5.74) is -0.0383.